The molecule has 0 radical (unpaired) electrons. The average Bonchev–Trinajstić information content (AvgIpc) is 3.05. The third-order valence-electron chi connectivity index (χ3n) is 5.43. The van der Waals surface area contributed by atoms with Gasteiger partial charge in [0.05, 0.1) is 29.9 Å². The van der Waals surface area contributed by atoms with Crippen LogP contribution in [0.2, 0.25) is 5.02 Å². The van der Waals surface area contributed by atoms with Crippen molar-refractivity contribution in [1.29, 1.82) is 0 Å². The first kappa shape index (κ1) is 20.5. The number of aromatic nitrogens is 2. The molecule has 1 saturated carbocycles. The molecule has 0 unspecified atom stereocenters. The Hall–Kier alpha value is -2.75. The van der Waals surface area contributed by atoms with Gasteiger partial charge in [-0.05, 0) is 12.1 Å². The van der Waals surface area contributed by atoms with Gasteiger partial charge in [0.15, 0.2) is 0 Å². The van der Waals surface area contributed by atoms with Gasteiger partial charge in [-0.1, -0.05) is 23.7 Å². The van der Waals surface area contributed by atoms with Crippen molar-refractivity contribution in [2.24, 2.45) is 5.73 Å². The zero-order valence-electron chi connectivity index (χ0n) is 15.8. The number of nitrogens with zero attached hydrogens (tertiary/aromatic N) is 3. The van der Waals surface area contributed by atoms with Crippen molar-refractivity contribution in [3.63, 3.8) is 0 Å². The monoisotopic (exact) mass is 441 g/mol. The molecule has 0 spiro atoms. The lowest BCUT2D eigenvalue weighted by atomic mass is 9.74. The molecule has 160 valence electrons. The van der Waals surface area contributed by atoms with Crippen molar-refractivity contribution in [2.75, 3.05) is 13.2 Å². The van der Waals surface area contributed by atoms with Gasteiger partial charge in [0.2, 0.25) is 0 Å². The molecule has 1 aliphatic carbocycles. The quantitative estimate of drug-likeness (QED) is 0.763. The Bertz CT molecular complexity index is 1020. The van der Waals surface area contributed by atoms with Crippen molar-refractivity contribution in [3.8, 4) is 11.3 Å². The van der Waals surface area contributed by atoms with E-state index in [9.17, 15) is 22.8 Å². The number of primary amides is 1. The van der Waals surface area contributed by atoms with Gasteiger partial charge in [0.1, 0.15) is 12.4 Å². The van der Waals surface area contributed by atoms with E-state index in [-0.39, 0.29) is 25.2 Å². The maximum absolute atomic E-state index is 13.3. The van der Waals surface area contributed by atoms with Crippen molar-refractivity contribution < 1.29 is 22.8 Å². The van der Waals surface area contributed by atoms with Crippen LogP contribution in [-0.4, -0.2) is 51.3 Å². The molecule has 30 heavy (non-hydrogen) atoms. The number of hydrogen-bond donors (Lipinski definition) is 2. The second kappa shape index (κ2) is 7.19. The number of carbonyl (C=O) groups is 2. The lowest BCUT2D eigenvalue weighted by Crippen LogP contribution is -2.65. The number of nitrogens with two attached hydrogens (primary N) is 1. The molecular formula is C19H19ClF3N5O2. The predicted octanol–water partition coefficient (Wildman–Crippen LogP) is 2.97. The molecule has 0 saturated heterocycles. The Morgan fingerprint density at radius 1 is 1.27 bits per heavy atom. The van der Waals surface area contributed by atoms with Crippen LogP contribution in [0.1, 0.15) is 28.9 Å². The zero-order chi connectivity index (χ0) is 21.7. The molecule has 0 atom stereocenters. The van der Waals surface area contributed by atoms with E-state index in [1.54, 1.807) is 28.9 Å². The van der Waals surface area contributed by atoms with Gasteiger partial charge < -0.3 is 16.0 Å². The number of carbonyl (C=O) groups excluding carboxylic acids is 2. The largest absolute Gasteiger partial charge is 0.365 e. The average molecular weight is 442 g/mol. The van der Waals surface area contributed by atoms with Gasteiger partial charge in [-0.25, -0.2) is 18.0 Å². The summed E-state index contributed by atoms with van der Waals surface area (Å²) in [6.45, 7) is -0.614. The summed E-state index contributed by atoms with van der Waals surface area (Å²) in [4.78, 5) is 26.1. The third-order valence-corrected chi connectivity index (χ3v) is 5.67. The normalized spacial score (nSPS) is 19.0. The van der Waals surface area contributed by atoms with Gasteiger partial charge in [-0.15, -0.1) is 0 Å². The van der Waals surface area contributed by atoms with E-state index < -0.39 is 42.9 Å². The fourth-order valence-electron chi connectivity index (χ4n) is 4.05. The summed E-state index contributed by atoms with van der Waals surface area (Å²) >= 11 is 6.04. The van der Waals surface area contributed by atoms with Crippen molar-refractivity contribution >= 4 is 23.5 Å². The van der Waals surface area contributed by atoms with Crippen LogP contribution in [0.3, 0.4) is 0 Å². The molecule has 1 aromatic carbocycles. The van der Waals surface area contributed by atoms with Crippen LogP contribution in [0.5, 0.6) is 0 Å². The summed E-state index contributed by atoms with van der Waals surface area (Å²) < 4.78 is 41.4. The molecule has 7 nitrogen and oxygen atoms in total. The van der Waals surface area contributed by atoms with Crippen LogP contribution in [0.4, 0.5) is 18.0 Å². The lowest BCUT2D eigenvalue weighted by molar-refractivity contribution is -0.136. The molecule has 3 amide bonds. The number of urea groups is 1. The summed E-state index contributed by atoms with van der Waals surface area (Å²) in [5, 5.41) is 7.31. The number of fused-ring (bicyclic) bond motifs is 1. The first-order valence-electron chi connectivity index (χ1n) is 9.29. The number of benzene rings is 1. The van der Waals surface area contributed by atoms with E-state index in [0.29, 0.717) is 22.0 Å². The summed E-state index contributed by atoms with van der Waals surface area (Å²) in [5.74, 6) is -3.70. The van der Waals surface area contributed by atoms with Crippen LogP contribution in [-0.2, 0) is 13.1 Å². The number of hydrogen-bond acceptors (Lipinski definition) is 3. The smallest absolute Gasteiger partial charge is 0.318 e. The van der Waals surface area contributed by atoms with Crippen LogP contribution in [0.15, 0.2) is 24.3 Å². The Labute approximate surface area is 175 Å². The van der Waals surface area contributed by atoms with Crippen LogP contribution in [0.25, 0.3) is 11.3 Å². The molecule has 2 aliphatic rings. The maximum Gasteiger partial charge on any atom is 0.318 e. The van der Waals surface area contributed by atoms with Crippen molar-refractivity contribution in [3.05, 3.63) is 40.5 Å². The van der Waals surface area contributed by atoms with E-state index in [1.165, 1.54) is 4.90 Å². The topological polar surface area (TPSA) is 93.2 Å². The fraction of sp³-hybridized carbons (Fsp3) is 0.421. The molecule has 2 aromatic rings. The number of amides is 3. The van der Waals surface area contributed by atoms with E-state index in [1.807, 2.05) is 0 Å². The van der Waals surface area contributed by atoms with Gasteiger partial charge >= 0.3 is 6.03 Å². The Morgan fingerprint density at radius 3 is 2.60 bits per heavy atom. The summed E-state index contributed by atoms with van der Waals surface area (Å²) in [5.41, 5.74) is 5.56. The molecular weight excluding hydrogens is 423 g/mol. The van der Waals surface area contributed by atoms with Crippen LogP contribution < -0.4 is 11.1 Å². The molecule has 3 N–H and O–H groups in total. The Kier molecular flexibility index (Phi) is 4.92. The van der Waals surface area contributed by atoms with Gasteiger partial charge in [-0.2, -0.15) is 5.10 Å². The number of alkyl halides is 3. The minimum atomic E-state index is -2.98. The minimum Gasteiger partial charge on any atom is -0.365 e. The first-order valence-corrected chi connectivity index (χ1v) is 9.67. The van der Waals surface area contributed by atoms with Gasteiger partial charge in [0.25, 0.3) is 11.8 Å². The number of nitrogens with one attached hydrogen (secondary N) is 1. The Morgan fingerprint density at radius 2 is 2.00 bits per heavy atom. The number of rotatable bonds is 4. The highest BCUT2D eigenvalue weighted by atomic mass is 35.5. The molecule has 4 rings (SSSR count). The van der Waals surface area contributed by atoms with Crippen molar-refractivity contribution in [2.45, 2.75) is 37.4 Å². The van der Waals surface area contributed by atoms with Crippen LogP contribution >= 0.6 is 11.6 Å². The highest BCUT2D eigenvalue weighted by Crippen LogP contribution is 2.46. The summed E-state index contributed by atoms with van der Waals surface area (Å²) in [6.07, 6.45) is -1.47. The molecule has 11 heteroatoms. The maximum atomic E-state index is 13.3. The van der Waals surface area contributed by atoms with E-state index in [0.717, 1.165) is 0 Å². The molecule has 1 fully saturated rings. The molecule has 0 bridgehead atoms. The Balaban J connectivity index is 1.59. The predicted molar refractivity (Wildman–Crippen MR) is 103 cm³/mol. The fourth-order valence-corrected chi connectivity index (χ4v) is 4.24. The second-order valence-corrected chi connectivity index (χ2v) is 8.18. The van der Waals surface area contributed by atoms with E-state index in [4.69, 9.17) is 17.3 Å². The highest BCUT2D eigenvalue weighted by Gasteiger charge is 2.58. The summed E-state index contributed by atoms with van der Waals surface area (Å²) in [6, 6.07) is 6.11. The minimum absolute atomic E-state index is 0.0174. The zero-order valence-corrected chi connectivity index (χ0v) is 16.6. The number of halogens is 4. The second-order valence-electron chi connectivity index (χ2n) is 7.74. The highest BCUT2D eigenvalue weighted by molar-refractivity contribution is 6.30. The van der Waals surface area contributed by atoms with Crippen LogP contribution in [0, 0.1) is 0 Å². The van der Waals surface area contributed by atoms with Gasteiger partial charge in [0, 0.05) is 30.0 Å². The SMILES string of the molecule is NC(=O)c1c(-c2cccc(Cl)c2)nn2c1CN(C(=O)NC1(CF)CC(F)(F)C1)CC2. The molecule has 2 heterocycles. The van der Waals surface area contributed by atoms with E-state index in [2.05, 4.69) is 10.4 Å². The van der Waals surface area contributed by atoms with Crippen molar-refractivity contribution in [1.82, 2.24) is 20.0 Å². The summed E-state index contributed by atoms with van der Waals surface area (Å²) in [7, 11) is 0. The molecule has 1 aliphatic heterocycles. The first-order chi connectivity index (χ1) is 14.1. The van der Waals surface area contributed by atoms with Gasteiger partial charge in [-0.3, -0.25) is 9.48 Å². The lowest BCUT2D eigenvalue weighted by Gasteiger charge is -2.46. The standard InChI is InChI=1S/C19H19ClF3N5O2/c20-12-3-1-2-11(6-12)15-14(16(24)29)13-7-27(4-5-28(13)26-15)17(30)25-18(10-21)8-19(22,23)9-18/h1-3,6H,4-5,7-10H2,(H2,24,29)(H,25,30). The molecule has 1 aromatic heterocycles. The van der Waals surface area contributed by atoms with E-state index >= 15 is 0 Å². The third kappa shape index (κ3) is 3.60.